The molecular weight excluding hydrogens is 322 g/mol. The fraction of sp³-hybridized carbons (Fsp3) is 0.409. The maximum atomic E-state index is 13.0. The van der Waals surface area contributed by atoms with Crippen LogP contribution in [0.2, 0.25) is 0 Å². The van der Waals surface area contributed by atoms with E-state index < -0.39 is 5.41 Å². The number of rotatable bonds is 7. The zero-order valence-electron chi connectivity index (χ0n) is 15.8. The first-order valence-electron chi connectivity index (χ1n) is 9.33. The van der Waals surface area contributed by atoms with Gasteiger partial charge in [-0.2, -0.15) is 0 Å². The van der Waals surface area contributed by atoms with Crippen molar-refractivity contribution >= 4 is 5.91 Å². The molecule has 1 aliphatic rings. The lowest BCUT2D eigenvalue weighted by Crippen LogP contribution is -2.49. The molecule has 0 bridgehead atoms. The van der Waals surface area contributed by atoms with Gasteiger partial charge in [-0.15, -0.1) is 0 Å². The Morgan fingerprint density at radius 3 is 2.08 bits per heavy atom. The second-order valence-corrected chi connectivity index (χ2v) is 7.49. The van der Waals surface area contributed by atoms with E-state index in [9.17, 15) is 4.79 Å². The number of carbonyl (C=O) groups is 1. The van der Waals surface area contributed by atoms with Crippen LogP contribution < -0.4 is 5.73 Å². The van der Waals surface area contributed by atoms with Gasteiger partial charge in [-0.3, -0.25) is 4.79 Å². The highest BCUT2D eigenvalue weighted by atomic mass is 16.1. The molecule has 1 saturated heterocycles. The van der Waals surface area contributed by atoms with Crippen molar-refractivity contribution in [2.24, 2.45) is 11.7 Å². The Labute approximate surface area is 156 Å². The van der Waals surface area contributed by atoms with Gasteiger partial charge in [0.1, 0.15) is 5.41 Å². The maximum absolute atomic E-state index is 13.0. The number of nitrogens with zero attached hydrogens (tertiary/aromatic N) is 2. The number of benzene rings is 2. The molecule has 4 nitrogen and oxygen atoms in total. The molecule has 1 amide bonds. The summed E-state index contributed by atoms with van der Waals surface area (Å²) in [5, 5.41) is 0. The fourth-order valence-corrected chi connectivity index (χ4v) is 4.26. The van der Waals surface area contributed by atoms with Gasteiger partial charge in [-0.1, -0.05) is 60.7 Å². The highest BCUT2D eigenvalue weighted by molar-refractivity contribution is 5.91. The number of carbonyl (C=O) groups excluding carboxylic acids is 1. The standard InChI is InChI=1S/C22H29N3O/c1-24(2)15-16-25-14-13-20(17-25)22(21(23)26,18-9-5-3-6-10-18)19-11-7-4-8-12-19/h3-12,20H,13-17H2,1-2H3,(H2,23,26). The van der Waals surface area contributed by atoms with Crippen LogP contribution >= 0.6 is 0 Å². The van der Waals surface area contributed by atoms with E-state index in [2.05, 4.69) is 23.9 Å². The third-order valence-corrected chi connectivity index (χ3v) is 5.60. The molecule has 1 heterocycles. The zero-order valence-corrected chi connectivity index (χ0v) is 15.8. The van der Waals surface area contributed by atoms with Crippen LogP contribution in [-0.2, 0) is 10.2 Å². The minimum absolute atomic E-state index is 0.173. The molecule has 2 N–H and O–H groups in total. The minimum Gasteiger partial charge on any atom is -0.369 e. The summed E-state index contributed by atoms with van der Waals surface area (Å²) in [4.78, 5) is 17.6. The molecule has 2 aromatic carbocycles. The number of likely N-dealkylation sites (N-methyl/N-ethyl adjacent to an activating group) is 1. The second kappa shape index (κ2) is 8.02. The highest BCUT2D eigenvalue weighted by Crippen LogP contribution is 2.43. The summed E-state index contributed by atoms with van der Waals surface area (Å²) >= 11 is 0. The van der Waals surface area contributed by atoms with Crippen LogP contribution in [0.4, 0.5) is 0 Å². The third-order valence-electron chi connectivity index (χ3n) is 5.60. The van der Waals surface area contributed by atoms with Gasteiger partial charge in [0.15, 0.2) is 0 Å². The Morgan fingerprint density at radius 1 is 1.08 bits per heavy atom. The molecule has 1 atom stereocenters. The molecule has 0 aliphatic carbocycles. The summed E-state index contributed by atoms with van der Waals surface area (Å²) in [6, 6.07) is 20.1. The molecule has 26 heavy (non-hydrogen) atoms. The second-order valence-electron chi connectivity index (χ2n) is 7.49. The zero-order chi connectivity index (χ0) is 18.6. The monoisotopic (exact) mass is 351 g/mol. The van der Waals surface area contributed by atoms with Gasteiger partial charge in [-0.05, 0) is 44.1 Å². The fourth-order valence-electron chi connectivity index (χ4n) is 4.26. The molecule has 0 radical (unpaired) electrons. The normalized spacial score (nSPS) is 18.3. The van der Waals surface area contributed by atoms with Crippen molar-refractivity contribution in [1.82, 2.24) is 9.80 Å². The van der Waals surface area contributed by atoms with Crippen molar-refractivity contribution in [3.8, 4) is 0 Å². The van der Waals surface area contributed by atoms with E-state index in [0.29, 0.717) is 0 Å². The molecule has 4 heteroatoms. The van der Waals surface area contributed by atoms with Gasteiger partial charge in [0.25, 0.3) is 0 Å². The summed E-state index contributed by atoms with van der Waals surface area (Å²) in [7, 11) is 4.18. The van der Waals surface area contributed by atoms with Crippen molar-refractivity contribution < 1.29 is 4.79 Å². The Hall–Kier alpha value is -2.17. The predicted octanol–water partition coefficient (Wildman–Crippen LogP) is 2.34. The number of nitrogens with two attached hydrogens (primary N) is 1. The van der Waals surface area contributed by atoms with Gasteiger partial charge in [0.2, 0.25) is 5.91 Å². The summed E-state index contributed by atoms with van der Waals surface area (Å²) in [5.41, 5.74) is 7.33. The quantitative estimate of drug-likeness (QED) is 0.833. The van der Waals surface area contributed by atoms with E-state index in [1.165, 1.54) is 0 Å². The van der Waals surface area contributed by atoms with E-state index >= 15 is 0 Å². The molecule has 3 rings (SSSR count). The van der Waals surface area contributed by atoms with Crippen LogP contribution in [0.3, 0.4) is 0 Å². The van der Waals surface area contributed by atoms with E-state index in [1.807, 2.05) is 60.7 Å². The first-order valence-corrected chi connectivity index (χ1v) is 9.33. The number of hydrogen-bond donors (Lipinski definition) is 1. The van der Waals surface area contributed by atoms with E-state index in [-0.39, 0.29) is 11.8 Å². The van der Waals surface area contributed by atoms with E-state index in [0.717, 1.165) is 43.7 Å². The summed E-state index contributed by atoms with van der Waals surface area (Å²) in [5.74, 6) is -0.0821. The molecular formula is C22H29N3O. The van der Waals surface area contributed by atoms with E-state index in [4.69, 9.17) is 5.73 Å². The Bertz CT molecular complexity index is 675. The summed E-state index contributed by atoms with van der Waals surface area (Å²) in [6.45, 7) is 3.93. The molecule has 1 aliphatic heterocycles. The topological polar surface area (TPSA) is 49.6 Å². The molecule has 1 unspecified atom stereocenters. The van der Waals surface area contributed by atoms with Crippen LogP contribution in [0.1, 0.15) is 17.5 Å². The first kappa shape index (κ1) is 18.6. The lowest BCUT2D eigenvalue weighted by atomic mass is 9.64. The molecule has 0 saturated carbocycles. The first-order chi connectivity index (χ1) is 12.5. The van der Waals surface area contributed by atoms with Crippen molar-refractivity contribution in [2.75, 3.05) is 40.3 Å². The van der Waals surface area contributed by atoms with Crippen molar-refractivity contribution in [3.63, 3.8) is 0 Å². The van der Waals surface area contributed by atoms with Gasteiger partial charge in [-0.25, -0.2) is 0 Å². The highest BCUT2D eigenvalue weighted by Gasteiger charge is 2.49. The van der Waals surface area contributed by atoms with Gasteiger partial charge < -0.3 is 15.5 Å². The van der Waals surface area contributed by atoms with Gasteiger partial charge in [0, 0.05) is 19.6 Å². The van der Waals surface area contributed by atoms with Gasteiger partial charge in [0.05, 0.1) is 0 Å². The minimum atomic E-state index is -0.782. The lowest BCUT2D eigenvalue weighted by Gasteiger charge is -2.37. The van der Waals surface area contributed by atoms with Crippen molar-refractivity contribution in [2.45, 2.75) is 11.8 Å². The van der Waals surface area contributed by atoms with Crippen LogP contribution in [0, 0.1) is 5.92 Å². The van der Waals surface area contributed by atoms with Crippen molar-refractivity contribution in [3.05, 3.63) is 71.8 Å². The van der Waals surface area contributed by atoms with Crippen LogP contribution in [0.15, 0.2) is 60.7 Å². The number of primary amides is 1. The average molecular weight is 351 g/mol. The van der Waals surface area contributed by atoms with Crippen LogP contribution in [-0.4, -0.2) is 56.0 Å². The molecule has 0 aromatic heterocycles. The Morgan fingerprint density at radius 2 is 1.62 bits per heavy atom. The molecule has 138 valence electrons. The van der Waals surface area contributed by atoms with E-state index in [1.54, 1.807) is 0 Å². The SMILES string of the molecule is CN(C)CCN1CCC(C(C(N)=O)(c2ccccc2)c2ccccc2)C1. The van der Waals surface area contributed by atoms with Crippen LogP contribution in [0.5, 0.6) is 0 Å². The van der Waals surface area contributed by atoms with Crippen molar-refractivity contribution in [1.29, 1.82) is 0 Å². The number of likely N-dealkylation sites (tertiary alicyclic amines) is 1. The number of hydrogen-bond acceptors (Lipinski definition) is 3. The Kier molecular flexibility index (Phi) is 5.74. The smallest absolute Gasteiger partial charge is 0.232 e. The molecule has 2 aromatic rings. The largest absolute Gasteiger partial charge is 0.369 e. The molecule has 0 spiro atoms. The average Bonchev–Trinajstić information content (AvgIpc) is 3.11. The number of amides is 1. The summed E-state index contributed by atoms with van der Waals surface area (Å²) < 4.78 is 0. The molecule has 1 fully saturated rings. The Balaban J connectivity index is 2.00. The lowest BCUT2D eigenvalue weighted by molar-refractivity contribution is -0.123. The third kappa shape index (κ3) is 3.53. The van der Waals surface area contributed by atoms with Gasteiger partial charge >= 0.3 is 0 Å². The van der Waals surface area contributed by atoms with Crippen LogP contribution in [0.25, 0.3) is 0 Å². The summed E-state index contributed by atoms with van der Waals surface area (Å²) in [6.07, 6.45) is 0.972. The predicted molar refractivity (Wildman–Crippen MR) is 106 cm³/mol. The maximum Gasteiger partial charge on any atom is 0.232 e.